The maximum Gasteiger partial charge on any atom is 0.222 e. The molecule has 0 N–H and O–H groups in total. The van der Waals surface area contributed by atoms with Crippen LogP contribution in [0, 0.1) is 5.92 Å². The highest BCUT2D eigenvalue weighted by Gasteiger charge is 2.22. The Morgan fingerprint density at radius 2 is 1.96 bits per heavy atom. The Labute approximate surface area is 155 Å². The van der Waals surface area contributed by atoms with Gasteiger partial charge in [-0.3, -0.25) is 9.69 Å². The van der Waals surface area contributed by atoms with E-state index in [1.54, 1.807) is 11.8 Å². The number of likely N-dealkylation sites (tertiary alicyclic amines) is 1. The van der Waals surface area contributed by atoms with E-state index in [9.17, 15) is 4.79 Å². The average Bonchev–Trinajstić information content (AvgIpc) is 2.68. The van der Waals surface area contributed by atoms with Crippen LogP contribution in [0.4, 0.5) is 0 Å². The number of benzene rings is 1. The van der Waals surface area contributed by atoms with Gasteiger partial charge < -0.3 is 9.64 Å². The number of nitrogens with zero attached hydrogens (tertiary/aromatic N) is 2. The second-order valence-corrected chi connectivity index (χ2v) is 8.00. The van der Waals surface area contributed by atoms with Gasteiger partial charge in [-0.1, -0.05) is 12.1 Å². The summed E-state index contributed by atoms with van der Waals surface area (Å²) in [6.45, 7) is 6.25. The first-order chi connectivity index (χ1) is 12.2. The average molecular weight is 363 g/mol. The number of hydrogen-bond acceptors (Lipinski definition) is 4. The van der Waals surface area contributed by atoms with Gasteiger partial charge in [-0.2, -0.15) is 0 Å². The van der Waals surface area contributed by atoms with Crippen molar-refractivity contribution in [3.63, 3.8) is 0 Å². The molecule has 5 heteroatoms. The van der Waals surface area contributed by atoms with Crippen molar-refractivity contribution in [3.8, 4) is 0 Å². The summed E-state index contributed by atoms with van der Waals surface area (Å²) in [7, 11) is 0. The zero-order chi connectivity index (χ0) is 17.5. The zero-order valence-corrected chi connectivity index (χ0v) is 16.1. The maximum absolute atomic E-state index is 12.3. The molecule has 0 aromatic heterocycles. The van der Waals surface area contributed by atoms with Crippen LogP contribution < -0.4 is 0 Å². The van der Waals surface area contributed by atoms with E-state index in [4.69, 9.17) is 4.74 Å². The van der Waals surface area contributed by atoms with Crippen LogP contribution in [0.1, 0.15) is 31.2 Å². The highest BCUT2D eigenvalue weighted by molar-refractivity contribution is 7.98. The monoisotopic (exact) mass is 362 g/mol. The Morgan fingerprint density at radius 3 is 2.68 bits per heavy atom. The number of rotatable bonds is 6. The van der Waals surface area contributed by atoms with Crippen molar-refractivity contribution in [2.24, 2.45) is 5.92 Å². The third kappa shape index (κ3) is 5.73. The van der Waals surface area contributed by atoms with Gasteiger partial charge in [0.05, 0.1) is 13.2 Å². The van der Waals surface area contributed by atoms with Crippen LogP contribution in [0.2, 0.25) is 0 Å². The van der Waals surface area contributed by atoms with Gasteiger partial charge in [0.15, 0.2) is 0 Å². The number of amides is 1. The molecule has 25 heavy (non-hydrogen) atoms. The predicted molar refractivity (Wildman–Crippen MR) is 103 cm³/mol. The van der Waals surface area contributed by atoms with Crippen LogP contribution in [0.15, 0.2) is 29.2 Å². The summed E-state index contributed by atoms with van der Waals surface area (Å²) in [6.07, 6.45) is 6.35. The van der Waals surface area contributed by atoms with E-state index in [1.165, 1.54) is 29.8 Å². The number of hydrogen-bond donors (Lipinski definition) is 0. The predicted octanol–water partition coefficient (Wildman–Crippen LogP) is 3.26. The minimum Gasteiger partial charge on any atom is -0.378 e. The van der Waals surface area contributed by atoms with Crippen molar-refractivity contribution in [3.05, 3.63) is 29.8 Å². The Morgan fingerprint density at radius 1 is 1.20 bits per heavy atom. The van der Waals surface area contributed by atoms with Gasteiger partial charge >= 0.3 is 0 Å². The molecule has 1 unspecified atom stereocenters. The van der Waals surface area contributed by atoms with E-state index in [1.807, 2.05) is 4.90 Å². The maximum atomic E-state index is 12.3. The Hall–Kier alpha value is -1.04. The molecule has 0 radical (unpaired) electrons. The minimum absolute atomic E-state index is 0.313. The molecule has 2 heterocycles. The van der Waals surface area contributed by atoms with Crippen molar-refractivity contribution in [1.29, 1.82) is 0 Å². The molecule has 4 nitrogen and oxygen atoms in total. The van der Waals surface area contributed by atoms with Gasteiger partial charge in [-0.25, -0.2) is 0 Å². The largest absolute Gasteiger partial charge is 0.378 e. The van der Waals surface area contributed by atoms with Crippen molar-refractivity contribution in [1.82, 2.24) is 9.80 Å². The lowest BCUT2D eigenvalue weighted by Gasteiger charge is -2.33. The van der Waals surface area contributed by atoms with Crippen molar-refractivity contribution in [2.75, 3.05) is 45.6 Å². The van der Waals surface area contributed by atoms with Gasteiger partial charge in [0.25, 0.3) is 0 Å². The van der Waals surface area contributed by atoms with E-state index >= 15 is 0 Å². The van der Waals surface area contributed by atoms with Crippen LogP contribution in [0.5, 0.6) is 0 Å². The standard InChI is InChI=1S/C20H30N2O2S/c1-25-19-7-4-18(5-8-19)16-21-10-2-3-17(15-21)6-9-20(23)22-11-13-24-14-12-22/h4-5,7-8,17H,2-3,6,9-16H2,1H3. The third-order valence-corrected chi connectivity index (χ3v) is 6.04. The molecule has 2 saturated heterocycles. The highest BCUT2D eigenvalue weighted by Crippen LogP contribution is 2.23. The van der Waals surface area contributed by atoms with Crippen molar-refractivity contribution in [2.45, 2.75) is 37.1 Å². The fourth-order valence-corrected chi connectivity index (χ4v) is 4.23. The Kier molecular flexibility index (Phi) is 7.20. The quantitative estimate of drug-likeness (QED) is 0.727. The number of carbonyl (C=O) groups excluding carboxylic acids is 1. The summed E-state index contributed by atoms with van der Waals surface area (Å²) < 4.78 is 5.33. The van der Waals surface area contributed by atoms with Crippen LogP contribution in [0.25, 0.3) is 0 Å². The van der Waals surface area contributed by atoms with Crippen LogP contribution >= 0.6 is 11.8 Å². The fourth-order valence-electron chi connectivity index (χ4n) is 3.82. The molecule has 1 amide bonds. The van der Waals surface area contributed by atoms with Crippen LogP contribution in [-0.4, -0.2) is 61.4 Å². The molecular formula is C20H30N2O2S. The van der Waals surface area contributed by atoms with Gasteiger partial charge in [0.1, 0.15) is 0 Å². The SMILES string of the molecule is CSc1ccc(CN2CCCC(CCC(=O)N3CCOCC3)C2)cc1. The fraction of sp³-hybridized carbons (Fsp3) is 0.650. The first-order valence-electron chi connectivity index (χ1n) is 9.45. The number of morpholine rings is 1. The van der Waals surface area contributed by atoms with Crippen molar-refractivity contribution < 1.29 is 9.53 Å². The molecule has 2 aliphatic heterocycles. The van der Waals surface area contributed by atoms with Gasteiger partial charge in [0.2, 0.25) is 5.91 Å². The summed E-state index contributed by atoms with van der Waals surface area (Å²) in [5.41, 5.74) is 1.39. The Bertz CT molecular complexity index is 543. The molecule has 2 aliphatic rings. The molecule has 0 saturated carbocycles. The molecule has 0 bridgehead atoms. The molecular weight excluding hydrogens is 332 g/mol. The number of carbonyl (C=O) groups is 1. The van der Waals surface area contributed by atoms with E-state index in [2.05, 4.69) is 35.4 Å². The number of ether oxygens (including phenoxy) is 1. The molecule has 1 aromatic carbocycles. The van der Waals surface area contributed by atoms with Crippen LogP contribution in [0.3, 0.4) is 0 Å². The molecule has 0 spiro atoms. The smallest absolute Gasteiger partial charge is 0.222 e. The second kappa shape index (κ2) is 9.60. The summed E-state index contributed by atoms with van der Waals surface area (Å²) in [4.78, 5) is 18.2. The van der Waals surface area contributed by atoms with E-state index in [0.29, 0.717) is 31.5 Å². The first kappa shape index (κ1) is 18.7. The van der Waals surface area contributed by atoms with E-state index in [-0.39, 0.29) is 0 Å². The second-order valence-electron chi connectivity index (χ2n) is 7.12. The van der Waals surface area contributed by atoms with Gasteiger partial charge in [-0.15, -0.1) is 11.8 Å². The molecule has 0 aliphatic carbocycles. The normalized spacial score (nSPS) is 22.1. The summed E-state index contributed by atoms with van der Waals surface area (Å²) >= 11 is 1.79. The van der Waals surface area contributed by atoms with E-state index in [0.717, 1.165) is 32.6 Å². The number of thioether (sulfide) groups is 1. The molecule has 2 fully saturated rings. The highest BCUT2D eigenvalue weighted by atomic mass is 32.2. The zero-order valence-electron chi connectivity index (χ0n) is 15.3. The number of piperidine rings is 1. The molecule has 1 atom stereocenters. The summed E-state index contributed by atoms with van der Waals surface area (Å²) in [6, 6.07) is 8.92. The Balaban J connectivity index is 1.43. The van der Waals surface area contributed by atoms with Crippen LogP contribution in [-0.2, 0) is 16.1 Å². The molecule has 3 rings (SSSR count). The lowest BCUT2D eigenvalue weighted by atomic mass is 9.93. The summed E-state index contributed by atoms with van der Waals surface area (Å²) in [5.74, 6) is 0.970. The first-order valence-corrected chi connectivity index (χ1v) is 10.7. The summed E-state index contributed by atoms with van der Waals surface area (Å²) in [5, 5.41) is 0. The van der Waals surface area contributed by atoms with Crippen molar-refractivity contribution >= 4 is 17.7 Å². The molecule has 138 valence electrons. The topological polar surface area (TPSA) is 32.8 Å². The van der Waals surface area contributed by atoms with E-state index < -0.39 is 0 Å². The lowest BCUT2D eigenvalue weighted by Crippen LogP contribution is -2.41. The minimum atomic E-state index is 0.313. The molecule has 1 aromatic rings. The lowest BCUT2D eigenvalue weighted by molar-refractivity contribution is -0.135. The van der Waals surface area contributed by atoms with Gasteiger partial charge in [-0.05, 0) is 55.7 Å². The van der Waals surface area contributed by atoms with Gasteiger partial charge in [0, 0.05) is 37.5 Å². The third-order valence-electron chi connectivity index (χ3n) is 5.30.